The molecule has 0 aliphatic rings. The highest BCUT2D eigenvalue weighted by Crippen LogP contribution is 2.09. The number of amides is 1. The fraction of sp³-hybridized carbons (Fsp3) is 0.118. The molecule has 2 heterocycles. The second-order valence-electron chi connectivity index (χ2n) is 5.08. The first-order valence-corrected chi connectivity index (χ1v) is 8.03. The number of alkyl carbamates (subject to hydrolysis) is 1. The van der Waals surface area contributed by atoms with E-state index in [0.29, 0.717) is 11.3 Å². The van der Waals surface area contributed by atoms with Crippen LogP contribution in [0, 0.1) is 0 Å². The van der Waals surface area contributed by atoms with Crippen LogP contribution in [0.2, 0.25) is 0 Å². The maximum atomic E-state index is 12.1. The number of ether oxygens (including phenoxy) is 1. The Kier molecular flexibility index (Phi) is 4.90. The van der Waals surface area contributed by atoms with Crippen molar-refractivity contribution in [2.75, 3.05) is 0 Å². The summed E-state index contributed by atoms with van der Waals surface area (Å²) in [5, 5.41) is 2.59. The van der Waals surface area contributed by atoms with Crippen molar-refractivity contribution >= 4 is 27.7 Å². The van der Waals surface area contributed by atoms with E-state index < -0.39 is 6.09 Å². The molecule has 1 aromatic carbocycles. The van der Waals surface area contributed by atoms with Gasteiger partial charge in [0.15, 0.2) is 0 Å². The van der Waals surface area contributed by atoms with Crippen molar-refractivity contribution < 1.29 is 9.53 Å². The molecule has 3 aromatic rings. The molecule has 0 unspecified atom stereocenters. The van der Waals surface area contributed by atoms with E-state index in [1.54, 1.807) is 18.3 Å². The molecule has 3 rings (SSSR count). The minimum atomic E-state index is -0.559. The van der Waals surface area contributed by atoms with Crippen LogP contribution in [0.15, 0.2) is 64.0 Å². The Morgan fingerprint density at radius 1 is 1.21 bits per heavy atom. The molecule has 0 radical (unpaired) electrons. The molecule has 0 fully saturated rings. The zero-order valence-corrected chi connectivity index (χ0v) is 14.2. The number of carbonyl (C=O) groups excluding carboxylic acids is 1. The first kappa shape index (κ1) is 16.2. The van der Waals surface area contributed by atoms with Crippen LogP contribution in [0.3, 0.4) is 0 Å². The molecule has 2 aromatic heterocycles. The molecule has 0 saturated carbocycles. The molecular weight excluding hydrogens is 374 g/mol. The lowest BCUT2D eigenvalue weighted by atomic mass is 10.2. The number of aromatic nitrogens is 2. The summed E-state index contributed by atoms with van der Waals surface area (Å²) in [4.78, 5) is 28.1. The van der Waals surface area contributed by atoms with E-state index in [9.17, 15) is 9.59 Å². The average Bonchev–Trinajstić information content (AvgIpc) is 2.60. The number of hydrogen-bond donors (Lipinski definition) is 1. The molecule has 1 N–H and O–H groups in total. The first-order valence-electron chi connectivity index (χ1n) is 7.24. The predicted octanol–water partition coefficient (Wildman–Crippen LogP) is 2.88. The van der Waals surface area contributed by atoms with Gasteiger partial charge in [0.2, 0.25) is 0 Å². The molecule has 0 aliphatic heterocycles. The number of fused-ring (bicyclic) bond motifs is 1. The second-order valence-corrected chi connectivity index (χ2v) is 5.99. The van der Waals surface area contributed by atoms with Gasteiger partial charge in [0.05, 0.1) is 12.2 Å². The molecular formula is C17H14BrN3O3. The summed E-state index contributed by atoms with van der Waals surface area (Å²) in [5.74, 6) is 0. The standard InChI is InChI=1S/C17H14BrN3O3/c18-13-6-7-15-20-14(8-16(22)21(15)10-13)9-19-17(23)24-11-12-4-2-1-3-5-12/h1-8,10H,9,11H2,(H,19,23). The van der Waals surface area contributed by atoms with E-state index in [4.69, 9.17) is 4.74 Å². The van der Waals surface area contributed by atoms with Crippen LogP contribution < -0.4 is 10.9 Å². The number of hydrogen-bond acceptors (Lipinski definition) is 4. The minimum Gasteiger partial charge on any atom is -0.445 e. The highest BCUT2D eigenvalue weighted by Gasteiger charge is 2.06. The molecule has 122 valence electrons. The number of pyridine rings is 1. The normalized spacial score (nSPS) is 10.5. The molecule has 0 aliphatic carbocycles. The van der Waals surface area contributed by atoms with Crippen LogP contribution in [-0.2, 0) is 17.9 Å². The Morgan fingerprint density at radius 3 is 2.79 bits per heavy atom. The van der Waals surface area contributed by atoms with Crippen molar-refractivity contribution in [3.05, 3.63) is 80.8 Å². The third-order valence-electron chi connectivity index (χ3n) is 3.30. The van der Waals surface area contributed by atoms with Gasteiger partial charge in [-0.25, -0.2) is 9.78 Å². The summed E-state index contributed by atoms with van der Waals surface area (Å²) >= 11 is 3.31. The van der Waals surface area contributed by atoms with Gasteiger partial charge >= 0.3 is 6.09 Å². The highest BCUT2D eigenvalue weighted by molar-refractivity contribution is 9.10. The topological polar surface area (TPSA) is 72.7 Å². The summed E-state index contributed by atoms with van der Waals surface area (Å²) in [7, 11) is 0. The number of rotatable bonds is 4. The zero-order chi connectivity index (χ0) is 16.9. The lowest BCUT2D eigenvalue weighted by molar-refractivity contribution is 0.139. The van der Waals surface area contributed by atoms with E-state index in [0.717, 1.165) is 10.0 Å². The smallest absolute Gasteiger partial charge is 0.407 e. The van der Waals surface area contributed by atoms with Gasteiger partial charge < -0.3 is 10.1 Å². The van der Waals surface area contributed by atoms with Gasteiger partial charge in [-0.3, -0.25) is 9.20 Å². The lowest BCUT2D eigenvalue weighted by Crippen LogP contribution is -2.25. The number of halogens is 1. The number of nitrogens with zero attached hydrogens (tertiary/aromatic N) is 2. The monoisotopic (exact) mass is 387 g/mol. The predicted molar refractivity (Wildman–Crippen MR) is 92.6 cm³/mol. The van der Waals surface area contributed by atoms with Crippen molar-refractivity contribution in [1.29, 1.82) is 0 Å². The second kappa shape index (κ2) is 7.27. The molecule has 6 nitrogen and oxygen atoms in total. The van der Waals surface area contributed by atoms with E-state index in [-0.39, 0.29) is 18.7 Å². The zero-order valence-electron chi connectivity index (χ0n) is 12.6. The fourth-order valence-corrected chi connectivity index (χ4v) is 2.49. The van der Waals surface area contributed by atoms with Crippen molar-refractivity contribution in [1.82, 2.24) is 14.7 Å². The van der Waals surface area contributed by atoms with Gasteiger partial charge in [-0.05, 0) is 33.6 Å². The minimum absolute atomic E-state index is 0.120. The molecule has 0 saturated heterocycles. The fourth-order valence-electron chi connectivity index (χ4n) is 2.15. The molecule has 1 amide bonds. The van der Waals surface area contributed by atoms with Crippen molar-refractivity contribution in [3.8, 4) is 0 Å². The third-order valence-corrected chi connectivity index (χ3v) is 3.77. The quantitative estimate of drug-likeness (QED) is 0.746. The van der Waals surface area contributed by atoms with Gasteiger partial charge in [-0.1, -0.05) is 30.3 Å². The first-order chi connectivity index (χ1) is 11.6. The SMILES string of the molecule is O=C(NCc1cc(=O)n2cc(Br)ccc2n1)OCc1ccccc1. The summed E-state index contributed by atoms with van der Waals surface area (Å²) in [6.45, 7) is 0.309. The molecule has 24 heavy (non-hydrogen) atoms. The highest BCUT2D eigenvalue weighted by atomic mass is 79.9. The number of carbonyl (C=O) groups is 1. The molecule has 0 spiro atoms. The molecule has 0 bridgehead atoms. The summed E-state index contributed by atoms with van der Waals surface area (Å²) < 4.78 is 7.33. The number of benzene rings is 1. The van der Waals surface area contributed by atoms with Crippen molar-refractivity contribution in [3.63, 3.8) is 0 Å². The van der Waals surface area contributed by atoms with Crippen molar-refractivity contribution in [2.45, 2.75) is 13.2 Å². The number of nitrogens with one attached hydrogen (secondary N) is 1. The van der Waals surface area contributed by atoms with E-state index in [1.807, 2.05) is 30.3 Å². The molecule has 0 atom stereocenters. The Morgan fingerprint density at radius 2 is 2.00 bits per heavy atom. The Hall–Kier alpha value is -2.67. The summed E-state index contributed by atoms with van der Waals surface area (Å²) in [6.07, 6.45) is 1.09. The van der Waals surface area contributed by atoms with Crippen LogP contribution in [0.4, 0.5) is 4.79 Å². The maximum Gasteiger partial charge on any atom is 0.407 e. The Bertz CT molecular complexity index is 925. The average molecular weight is 388 g/mol. The Labute approximate surface area is 146 Å². The van der Waals surface area contributed by atoms with Crippen LogP contribution >= 0.6 is 15.9 Å². The van der Waals surface area contributed by atoms with Gasteiger partial charge in [-0.2, -0.15) is 0 Å². The Balaban J connectivity index is 1.62. The summed E-state index contributed by atoms with van der Waals surface area (Å²) in [5.41, 5.74) is 1.68. The van der Waals surface area contributed by atoms with E-state index in [1.165, 1.54) is 10.5 Å². The van der Waals surface area contributed by atoms with Gasteiger partial charge in [0.1, 0.15) is 12.3 Å². The van der Waals surface area contributed by atoms with Crippen LogP contribution in [0.1, 0.15) is 11.3 Å². The maximum absolute atomic E-state index is 12.1. The lowest BCUT2D eigenvalue weighted by Gasteiger charge is -2.08. The summed E-state index contributed by atoms with van der Waals surface area (Å²) in [6, 6.07) is 14.3. The van der Waals surface area contributed by atoms with Crippen LogP contribution in [0.5, 0.6) is 0 Å². The largest absolute Gasteiger partial charge is 0.445 e. The van der Waals surface area contributed by atoms with E-state index >= 15 is 0 Å². The van der Waals surface area contributed by atoms with Crippen LogP contribution in [0.25, 0.3) is 5.65 Å². The van der Waals surface area contributed by atoms with Gasteiger partial charge in [0.25, 0.3) is 5.56 Å². The van der Waals surface area contributed by atoms with Gasteiger partial charge in [0, 0.05) is 16.7 Å². The van der Waals surface area contributed by atoms with E-state index in [2.05, 4.69) is 26.2 Å². The van der Waals surface area contributed by atoms with Gasteiger partial charge in [-0.15, -0.1) is 0 Å². The third kappa shape index (κ3) is 3.99. The van der Waals surface area contributed by atoms with Crippen molar-refractivity contribution in [2.24, 2.45) is 0 Å². The van der Waals surface area contributed by atoms with Crippen LogP contribution in [-0.4, -0.2) is 15.5 Å². The molecule has 7 heteroatoms.